The van der Waals surface area contributed by atoms with E-state index < -0.39 is 10.8 Å². The second-order valence-electron chi connectivity index (χ2n) is 5.34. The van der Waals surface area contributed by atoms with E-state index in [2.05, 4.69) is 4.99 Å². The Kier molecular flexibility index (Phi) is 3.50. The average molecular weight is 357 g/mol. The maximum atomic E-state index is 12.3. The molecule has 0 fully saturated rings. The summed E-state index contributed by atoms with van der Waals surface area (Å²) in [5.74, 6) is 0.869. The molecule has 4 rings (SSSR count). The lowest BCUT2D eigenvalue weighted by atomic mass is 10.2. The largest absolute Gasteiger partial charge is 0.454 e. The van der Waals surface area contributed by atoms with Crippen molar-refractivity contribution in [2.24, 2.45) is 12.0 Å². The van der Waals surface area contributed by atoms with E-state index in [0.717, 1.165) is 10.2 Å². The molecule has 2 heterocycles. The number of rotatable bonds is 2. The van der Waals surface area contributed by atoms with Gasteiger partial charge in [-0.2, -0.15) is 4.99 Å². The van der Waals surface area contributed by atoms with Crippen LogP contribution >= 0.6 is 11.3 Å². The number of fused-ring (bicyclic) bond motifs is 2. The summed E-state index contributed by atoms with van der Waals surface area (Å²) in [4.78, 5) is 27.1. The minimum absolute atomic E-state index is 0.0708. The minimum Gasteiger partial charge on any atom is -0.454 e. The quantitative estimate of drug-likeness (QED) is 0.519. The standard InChI is InChI=1S/C16H11N3O5S/c1-18-11-6-12-13(24-8-23-12)7-14(11)25-16(18)17-15(20)9-2-4-10(5-3-9)19(21)22/h2-7H,8H2,1H3. The third-order valence-electron chi connectivity index (χ3n) is 3.83. The van der Waals surface area contributed by atoms with Crippen LogP contribution in [-0.4, -0.2) is 22.2 Å². The van der Waals surface area contributed by atoms with Crippen LogP contribution in [0, 0.1) is 10.1 Å². The van der Waals surface area contributed by atoms with Crippen LogP contribution in [0.25, 0.3) is 10.2 Å². The van der Waals surface area contributed by atoms with Gasteiger partial charge in [-0.05, 0) is 12.1 Å². The molecule has 0 saturated carbocycles. The third kappa shape index (κ3) is 2.64. The Labute approximate surface area is 144 Å². The van der Waals surface area contributed by atoms with Crippen molar-refractivity contribution in [3.05, 3.63) is 56.9 Å². The highest BCUT2D eigenvalue weighted by Gasteiger charge is 2.17. The first-order valence-corrected chi connectivity index (χ1v) is 8.07. The van der Waals surface area contributed by atoms with Crippen LogP contribution in [0.2, 0.25) is 0 Å². The Balaban J connectivity index is 1.74. The molecule has 0 atom stereocenters. The number of nitrogens with zero attached hydrogens (tertiary/aromatic N) is 3. The Morgan fingerprint density at radius 3 is 2.60 bits per heavy atom. The fourth-order valence-electron chi connectivity index (χ4n) is 2.50. The number of hydrogen-bond donors (Lipinski definition) is 0. The van der Waals surface area contributed by atoms with Crippen LogP contribution < -0.4 is 14.3 Å². The van der Waals surface area contributed by atoms with Gasteiger partial charge in [0.2, 0.25) is 6.79 Å². The zero-order valence-corrected chi connectivity index (χ0v) is 13.8. The topological polar surface area (TPSA) is 96.0 Å². The summed E-state index contributed by atoms with van der Waals surface area (Å²) in [6.45, 7) is 0.201. The number of aromatic nitrogens is 1. The van der Waals surface area contributed by atoms with Gasteiger partial charge < -0.3 is 14.0 Å². The van der Waals surface area contributed by atoms with Gasteiger partial charge in [-0.1, -0.05) is 11.3 Å². The van der Waals surface area contributed by atoms with Gasteiger partial charge in [0.05, 0.1) is 15.1 Å². The first-order valence-electron chi connectivity index (χ1n) is 7.25. The van der Waals surface area contributed by atoms with Gasteiger partial charge in [0.25, 0.3) is 11.6 Å². The van der Waals surface area contributed by atoms with Crippen molar-refractivity contribution in [2.45, 2.75) is 0 Å². The first kappa shape index (κ1) is 15.3. The van der Waals surface area contributed by atoms with Crippen LogP contribution in [0.5, 0.6) is 11.5 Å². The van der Waals surface area contributed by atoms with Crippen molar-refractivity contribution >= 4 is 33.1 Å². The average Bonchev–Trinajstić information content (AvgIpc) is 3.18. The second kappa shape index (κ2) is 5.71. The summed E-state index contributed by atoms with van der Waals surface area (Å²) >= 11 is 1.35. The fourth-order valence-corrected chi connectivity index (χ4v) is 3.53. The Hall–Kier alpha value is -3.20. The normalized spacial score (nSPS) is 13.4. The van der Waals surface area contributed by atoms with Gasteiger partial charge in [0.15, 0.2) is 16.3 Å². The minimum atomic E-state index is -0.513. The van der Waals surface area contributed by atoms with E-state index in [1.165, 1.54) is 35.6 Å². The summed E-state index contributed by atoms with van der Waals surface area (Å²) in [7, 11) is 1.81. The molecule has 0 spiro atoms. The summed E-state index contributed by atoms with van der Waals surface area (Å²) in [5, 5.41) is 10.7. The van der Waals surface area contributed by atoms with Crippen LogP contribution in [0.4, 0.5) is 5.69 Å². The van der Waals surface area contributed by atoms with Gasteiger partial charge >= 0.3 is 0 Å². The Morgan fingerprint density at radius 2 is 1.92 bits per heavy atom. The van der Waals surface area contributed by atoms with Crippen LogP contribution in [0.3, 0.4) is 0 Å². The van der Waals surface area contributed by atoms with Crippen molar-refractivity contribution in [1.29, 1.82) is 0 Å². The molecule has 9 heteroatoms. The number of carbonyl (C=O) groups excluding carboxylic acids is 1. The summed E-state index contributed by atoms with van der Waals surface area (Å²) in [5.41, 5.74) is 1.10. The number of carbonyl (C=O) groups is 1. The van der Waals surface area contributed by atoms with Gasteiger partial charge in [0, 0.05) is 36.9 Å². The van der Waals surface area contributed by atoms with E-state index in [0.29, 0.717) is 16.3 Å². The van der Waals surface area contributed by atoms with Crippen LogP contribution in [-0.2, 0) is 7.05 Å². The van der Waals surface area contributed by atoms with E-state index in [4.69, 9.17) is 9.47 Å². The maximum Gasteiger partial charge on any atom is 0.279 e. The molecule has 1 aromatic heterocycles. The SMILES string of the molecule is Cn1c(=NC(=O)c2ccc([N+](=O)[O-])cc2)sc2cc3c(cc21)OCO3. The molecule has 0 bridgehead atoms. The molecule has 0 saturated heterocycles. The summed E-state index contributed by atoms with van der Waals surface area (Å²) < 4.78 is 13.4. The lowest BCUT2D eigenvalue weighted by Gasteiger charge is -1.98. The lowest BCUT2D eigenvalue weighted by Crippen LogP contribution is -2.13. The lowest BCUT2D eigenvalue weighted by molar-refractivity contribution is -0.384. The van der Waals surface area contributed by atoms with Crippen LogP contribution in [0.1, 0.15) is 10.4 Å². The highest BCUT2D eigenvalue weighted by Crippen LogP contribution is 2.36. The molecule has 1 aliphatic heterocycles. The number of benzene rings is 2. The predicted molar refractivity (Wildman–Crippen MR) is 89.9 cm³/mol. The molecule has 3 aromatic rings. The van der Waals surface area contributed by atoms with Crippen molar-refractivity contribution in [3.8, 4) is 11.5 Å². The summed E-state index contributed by atoms with van der Waals surface area (Å²) in [6, 6.07) is 9.07. The van der Waals surface area contributed by atoms with Crippen molar-refractivity contribution in [2.75, 3.05) is 6.79 Å². The highest BCUT2D eigenvalue weighted by atomic mass is 32.1. The number of aryl methyl sites for hydroxylation is 1. The molecule has 126 valence electrons. The monoisotopic (exact) mass is 357 g/mol. The smallest absolute Gasteiger partial charge is 0.279 e. The van der Waals surface area contributed by atoms with Crippen LogP contribution in [0.15, 0.2) is 41.4 Å². The van der Waals surface area contributed by atoms with Gasteiger partial charge in [-0.15, -0.1) is 0 Å². The molecule has 1 aliphatic rings. The van der Waals surface area contributed by atoms with Gasteiger partial charge in [-0.3, -0.25) is 14.9 Å². The molecule has 0 radical (unpaired) electrons. The molecule has 0 aliphatic carbocycles. The van der Waals surface area contributed by atoms with Crippen molar-refractivity contribution in [1.82, 2.24) is 4.57 Å². The second-order valence-corrected chi connectivity index (χ2v) is 6.35. The van der Waals surface area contributed by atoms with Gasteiger partial charge in [-0.25, -0.2) is 0 Å². The number of amides is 1. The molecule has 1 amide bonds. The molecule has 0 unspecified atom stereocenters. The zero-order chi connectivity index (χ0) is 17.6. The van der Waals surface area contributed by atoms with Crippen molar-refractivity contribution < 1.29 is 19.2 Å². The maximum absolute atomic E-state index is 12.3. The Bertz CT molecular complexity index is 1080. The van der Waals surface area contributed by atoms with E-state index in [9.17, 15) is 14.9 Å². The van der Waals surface area contributed by atoms with E-state index >= 15 is 0 Å². The number of nitro benzene ring substituents is 1. The number of non-ortho nitro benzene ring substituents is 1. The Morgan fingerprint density at radius 1 is 1.24 bits per heavy atom. The zero-order valence-electron chi connectivity index (χ0n) is 13.0. The van der Waals surface area contributed by atoms with Crippen molar-refractivity contribution in [3.63, 3.8) is 0 Å². The van der Waals surface area contributed by atoms with E-state index in [1.807, 2.05) is 19.2 Å². The highest BCUT2D eigenvalue weighted by molar-refractivity contribution is 7.16. The molecular weight excluding hydrogens is 346 g/mol. The fraction of sp³-hybridized carbons (Fsp3) is 0.125. The predicted octanol–water partition coefficient (Wildman–Crippen LogP) is 2.62. The summed E-state index contributed by atoms with van der Waals surface area (Å²) in [6.07, 6.45) is 0. The molecule has 2 aromatic carbocycles. The van der Waals surface area contributed by atoms with Gasteiger partial charge in [0.1, 0.15) is 0 Å². The third-order valence-corrected chi connectivity index (χ3v) is 4.92. The number of nitro groups is 1. The number of ether oxygens (including phenoxy) is 2. The molecule has 25 heavy (non-hydrogen) atoms. The van der Waals surface area contributed by atoms with E-state index in [1.54, 1.807) is 4.57 Å². The molecule has 0 N–H and O–H groups in total. The molecule has 8 nitrogen and oxygen atoms in total. The number of thiazole rings is 1. The molecular formula is C16H11N3O5S. The first-order chi connectivity index (χ1) is 12.0. The number of hydrogen-bond acceptors (Lipinski definition) is 6. The van der Waals surface area contributed by atoms with E-state index in [-0.39, 0.29) is 18.0 Å².